The van der Waals surface area contributed by atoms with Crippen LogP contribution in [-0.2, 0) is 4.79 Å². The summed E-state index contributed by atoms with van der Waals surface area (Å²) in [6.07, 6.45) is 3.49. The van der Waals surface area contributed by atoms with Crippen molar-refractivity contribution in [1.82, 2.24) is 19.8 Å². The molecule has 0 aliphatic carbocycles. The van der Waals surface area contributed by atoms with Crippen LogP contribution in [0.3, 0.4) is 0 Å². The van der Waals surface area contributed by atoms with Crippen LogP contribution in [0.4, 0.5) is 5.82 Å². The van der Waals surface area contributed by atoms with Crippen LogP contribution < -0.4 is 5.32 Å². The number of aromatic nitrogens is 4. The molecule has 0 aliphatic heterocycles. The number of nitrogens with one attached hydrogen (secondary N) is 1. The molecular formula is C20H19N5O2S. The summed E-state index contributed by atoms with van der Waals surface area (Å²) in [7, 11) is 0. The molecule has 3 heterocycles. The zero-order valence-electron chi connectivity index (χ0n) is 15.8. The summed E-state index contributed by atoms with van der Waals surface area (Å²) < 4.78 is 6.74. The lowest BCUT2D eigenvalue weighted by atomic mass is 10.0. The maximum Gasteiger partial charge on any atom is 0.236 e. The highest BCUT2D eigenvalue weighted by Gasteiger charge is 2.13. The molecule has 1 N–H and O–H groups in total. The highest BCUT2D eigenvalue weighted by atomic mass is 32.2. The third kappa shape index (κ3) is 3.77. The fourth-order valence-corrected chi connectivity index (χ4v) is 3.57. The van der Waals surface area contributed by atoms with E-state index in [1.807, 2.05) is 12.3 Å². The molecule has 0 spiro atoms. The van der Waals surface area contributed by atoms with Gasteiger partial charge in [-0.3, -0.25) is 4.79 Å². The lowest BCUT2D eigenvalue weighted by Crippen LogP contribution is -2.14. The first kappa shape index (κ1) is 18.2. The molecule has 0 aliphatic rings. The van der Waals surface area contributed by atoms with Crippen molar-refractivity contribution in [2.75, 3.05) is 11.1 Å². The Morgan fingerprint density at radius 1 is 1.18 bits per heavy atom. The number of hydrogen-bond donors (Lipinski definition) is 1. The van der Waals surface area contributed by atoms with Crippen molar-refractivity contribution in [2.24, 2.45) is 0 Å². The van der Waals surface area contributed by atoms with Crippen molar-refractivity contribution >= 4 is 29.0 Å². The van der Waals surface area contributed by atoms with Gasteiger partial charge in [0.2, 0.25) is 5.91 Å². The van der Waals surface area contributed by atoms with Gasteiger partial charge in [0.05, 0.1) is 17.0 Å². The third-order valence-electron chi connectivity index (χ3n) is 4.39. The molecule has 3 aromatic heterocycles. The predicted octanol–water partition coefficient (Wildman–Crippen LogP) is 4.04. The molecule has 8 heteroatoms. The number of anilines is 1. The van der Waals surface area contributed by atoms with Crippen LogP contribution in [0, 0.1) is 20.8 Å². The number of hydrogen-bond acceptors (Lipinski definition) is 6. The van der Waals surface area contributed by atoms with Gasteiger partial charge in [-0.2, -0.15) is 5.10 Å². The van der Waals surface area contributed by atoms with Gasteiger partial charge in [0.25, 0.3) is 0 Å². The normalized spacial score (nSPS) is 11.1. The first-order valence-electron chi connectivity index (χ1n) is 8.77. The summed E-state index contributed by atoms with van der Waals surface area (Å²) in [6.45, 7) is 5.95. The van der Waals surface area contributed by atoms with E-state index in [9.17, 15) is 4.79 Å². The Morgan fingerprint density at radius 3 is 2.79 bits per heavy atom. The molecule has 0 bridgehead atoms. The van der Waals surface area contributed by atoms with Crippen molar-refractivity contribution in [2.45, 2.75) is 25.8 Å². The number of carbonyl (C=O) groups excluding carboxylic acids is 1. The molecule has 0 radical (unpaired) electrons. The van der Waals surface area contributed by atoms with Gasteiger partial charge in [0.1, 0.15) is 10.8 Å². The van der Waals surface area contributed by atoms with Gasteiger partial charge in [-0.25, -0.2) is 9.50 Å². The summed E-state index contributed by atoms with van der Waals surface area (Å²) in [4.78, 5) is 16.6. The zero-order valence-corrected chi connectivity index (χ0v) is 16.6. The van der Waals surface area contributed by atoms with E-state index >= 15 is 0 Å². The molecule has 7 nitrogen and oxygen atoms in total. The molecule has 0 unspecified atom stereocenters. The van der Waals surface area contributed by atoms with Crippen LogP contribution in [0.25, 0.3) is 16.8 Å². The van der Waals surface area contributed by atoms with E-state index in [2.05, 4.69) is 52.6 Å². The Labute approximate surface area is 166 Å². The van der Waals surface area contributed by atoms with Gasteiger partial charge >= 0.3 is 0 Å². The summed E-state index contributed by atoms with van der Waals surface area (Å²) in [6, 6.07) is 9.97. The predicted molar refractivity (Wildman–Crippen MR) is 108 cm³/mol. The second-order valence-electron chi connectivity index (χ2n) is 6.55. The molecule has 0 saturated heterocycles. The van der Waals surface area contributed by atoms with E-state index in [-0.39, 0.29) is 11.7 Å². The number of thioether (sulfide) groups is 1. The number of fused-ring (bicyclic) bond motifs is 1. The van der Waals surface area contributed by atoms with Gasteiger partial charge in [0.15, 0.2) is 5.82 Å². The highest BCUT2D eigenvalue weighted by molar-refractivity contribution is 8.00. The van der Waals surface area contributed by atoms with E-state index in [4.69, 9.17) is 4.52 Å². The Balaban J connectivity index is 1.53. The zero-order chi connectivity index (χ0) is 19.7. The molecule has 142 valence electrons. The maximum absolute atomic E-state index is 12.2. The fourth-order valence-electron chi connectivity index (χ4n) is 2.79. The van der Waals surface area contributed by atoms with Gasteiger partial charge in [-0.15, -0.1) is 0 Å². The summed E-state index contributed by atoms with van der Waals surface area (Å²) in [5.74, 6) is 1.10. The van der Waals surface area contributed by atoms with Crippen LogP contribution in [0.5, 0.6) is 0 Å². The topological polar surface area (TPSA) is 85.3 Å². The Bertz CT molecular complexity index is 1160. The Hall–Kier alpha value is -3.13. The molecular weight excluding hydrogens is 374 g/mol. The average molecular weight is 393 g/mol. The van der Waals surface area contributed by atoms with E-state index in [0.29, 0.717) is 11.6 Å². The molecule has 4 rings (SSSR count). The Kier molecular flexibility index (Phi) is 4.87. The fraction of sp³-hybridized carbons (Fsp3) is 0.200. The number of aryl methyl sites for hydroxylation is 3. The van der Waals surface area contributed by atoms with E-state index in [1.165, 1.54) is 22.9 Å². The monoisotopic (exact) mass is 393 g/mol. The van der Waals surface area contributed by atoms with Crippen LogP contribution in [-0.4, -0.2) is 31.4 Å². The third-order valence-corrected chi connectivity index (χ3v) is 5.39. The number of carbonyl (C=O) groups is 1. The van der Waals surface area contributed by atoms with Gasteiger partial charge in [-0.1, -0.05) is 29.1 Å². The molecule has 28 heavy (non-hydrogen) atoms. The lowest BCUT2D eigenvalue weighted by molar-refractivity contribution is -0.113. The van der Waals surface area contributed by atoms with Gasteiger partial charge < -0.3 is 9.84 Å². The van der Waals surface area contributed by atoms with Crippen molar-refractivity contribution in [3.63, 3.8) is 0 Å². The number of nitrogens with zero attached hydrogens (tertiary/aromatic N) is 4. The quantitative estimate of drug-likeness (QED) is 0.515. The van der Waals surface area contributed by atoms with Crippen LogP contribution in [0.1, 0.15) is 16.9 Å². The summed E-state index contributed by atoms with van der Waals surface area (Å²) in [5.41, 5.74) is 5.27. The molecule has 0 fully saturated rings. The van der Waals surface area contributed by atoms with Crippen molar-refractivity contribution in [1.29, 1.82) is 0 Å². The average Bonchev–Trinajstić information content (AvgIpc) is 3.28. The Morgan fingerprint density at radius 2 is 2.04 bits per heavy atom. The minimum absolute atomic E-state index is 0.170. The summed E-state index contributed by atoms with van der Waals surface area (Å²) >= 11 is 1.36. The van der Waals surface area contributed by atoms with Crippen LogP contribution in [0.15, 0.2) is 52.3 Å². The molecule has 1 aromatic carbocycles. The van der Waals surface area contributed by atoms with E-state index < -0.39 is 0 Å². The minimum atomic E-state index is -0.170. The standard InChI is InChI=1S/C20H19N5O2S/c1-12-4-5-15(8-13(12)2)16-10-17-20(21-6-7-25(17)23-16)28-11-19(26)22-18-9-14(3)27-24-18/h4-10H,11H2,1-3H3,(H,22,24,26). The van der Waals surface area contributed by atoms with Crippen molar-refractivity contribution < 1.29 is 9.32 Å². The van der Waals surface area contributed by atoms with Gasteiger partial charge in [0, 0.05) is 24.0 Å². The smallest absolute Gasteiger partial charge is 0.236 e. The second kappa shape index (κ2) is 7.47. The van der Waals surface area contributed by atoms with Crippen molar-refractivity contribution in [3.05, 3.63) is 59.6 Å². The van der Waals surface area contributed by atoms with Gasteiger partial charge in [-0.05, 0) is 44.0 Å². The molecule has 0 saturated carbocycles. The lowest BCUT2D eigenvalue weighted by Gasteiger charge is -2.02. The summed E-state index contributed by atoms with van der Waals surface area (Å²) in [5, 5.41) is 11.9. The first-order valence-corrected chi connectivity index (χ1v) is 9.76. The second-order valence-corrected chi connectivity index (χ2v) is 7.51. The number of amides is 1. The van der Waals surface area contributed by atoms with E-state index in [1.54, 1.807) is 23.7 Å². The highest BCUT2D eigenvalue weighted by Crippen LogP contribution is 2.27. The maximum atomic E-state index is 12.2. The number of rotatable bonds is 5. The van der Waals surface area contributed by atoms with Crippen LogP contribution >= 0.6 is 11.8 Å². The van der Waals surface area contributed by atoms with Crippen molar-refractivity contribution in [3.8, 4) is 11.3 Å². The van der Waals surface area contributed by atoms with Crippen LogP contribution in [0.2, 0.25) is 0 Å². The molecule has 0 atom stereocenters. The van der Waals surface area contributed by atoms with E-state index in [0.717, 1.165) is 21.8 Å². The first-order chi connectivity index (χ1) is 13.5. The largest absolute Gasteiger partial charge is 0.360 e. The minimum Gasteiger partial charge on any atom is -0.360 e. The molecule has 1 amide bonds. The SMILES string of the molecule is Cc1cc(NC(=O)CSc2nccn3nc(-c4ccc(C)c(C)c4)cc23)no1. The molecule has 4 aromatic rings. The number of benzene rings is 1.